The summed E-state index contributed by atoms with van der Waals surface area (Å²) in [6.45, 7) is 7.77. The maximum Gasteiger partial charge on any atom is 0.255 e. The molecule has 3 aromatic carbocycles. The molecular formula is C33H31N5O4. The Labute approximate surface area is 243 Å². The number of aryl methyl sites for hydroxylation is 1. The molecule has 2 heterocycles. The number of nitrogens with one attached hydrogen (secondary N) is 3. The van der Waals surface area contributed by atoms with E-state index in [0.717, 1.165) is 40.8 Å². The van der Waals surface area contributed by atoms with E-state index < -0.39 is 5.54 Å². The number of furan rings is 1. The van der Waals surface area contributed by atoms with Gasteiger partial charge in [-0.3, -0.25) is 14.7 Å². The van der Waals surface area contributed by atoms with Gasteiger partial charge < -0.3 is 19.8 Å². The van der Waals surface area contributed by atoms with Gasteiger partial charge in [0, 0.05) is 23.6 Å². The second kappa shape index (κ2) is 10.3. The smallest absolute Gasteiger partial charge is 0.255 e. The summed E-state index contributed by atoms with van der Waals surface area (Å²) in [5, 5.41) is 14.0. The molecule has 2 aromatic heterocycles. The van der Waals surface area contributed by atoms with Crippen LogP contribution >= 0.6 is 0 Å². The van der Waals surface area contributed by atoms with Gasteiger partial charge in [-0.05, 0) is 85.4 Å². The molecule has 0 bridgehead atoms. The van der Waals surface area contributed by atoms with Gasteiger partial charge in [0.05, 0.1) is 18.2 Å². The zero-order chi connectivity index (χ0) is 29.6. The summed E-state index contributed by atoms with van der Waals surface area (Å²) in [6.07, 6.45) is 1.52. The fourth-order valence-corrected chi connectivity index (χ4v) is 5.19. The Bertz CT molecular complexity index is 1880. The zero-order valence-corrected chi connectivity index (χ0v) is 23.9. The Kier molecular flexibility index (Phi) is 6.65. The van der Waals surface area contributed by atoms with Crippen LogP contribution in [0.1, 0.15) is 57.6 Å². The van der Waals surface area contributed by atoms with E-state index >= 15 is 0 Å². The molecule has 5 aromatic rings. The van der Waals surface area contributed by atoms with E-state index in [1.54, 1.807) is 14.2 Å². The number of nitrogens with zero attached hydrogens (tertiary/aromatic N) is 2. The predicted octanol–water partition coefficient (Wildman–Crippen LogP) is 6.01. The lowest BCUT2D eigenvalue weighted by molar-refractivity contribution is 0.0927. The Hall–Kier alpha value is -5.18. The van der Waals surface area contributed by atoms with E-state index in [4.69, 9.17) is 14.1 Å². The number of H-pyrrole nitrogens is 1. The van der Waals surface area contributed by atoms with Crippen molar-refractivity contribution in [2.75, 3.05) is 14.2 Å². The highest BCUT2D eigenvalue weighted by Crippen LogP contribution is 2.44. The zero-order valence-electron chi connectivity index (χ0n) is 23.9. The summed E-state index contributed by atoms with van der Waals surface area (Å²) in [5.41, 5.74) is 5.21. The third-order valence-corrected chi connectivity index (χ3v) is 7.71. The van der Waals surface area contributed by atoms with Crippen LogP contribution < -0.4 is 15.4 Å². The van der Waals surface area contributed by atoms with Gasteiger partial charge in [0.25, 0.3) is 11.8 Å². The number of aromatic nitrogens is 3. The molecule has 1 aliphatic rings. The first-order chi connectivity index (χ1) is 20.2. The molecule has 0 atom stereocenters. The maximum atomic E-state index is 13.5. The molecule has 3 N–H and O–H groups in total. The lowest BCUT2D eigenvalue weighted by atomic mass is 9.95. The monoisotopic (exact) mass is 561 g/mol. The standard InChI is InChI=1S/C33H31N5O4/c1-18(2)28-27(31(40)34-4)25-16-20(11-12-26(25)42-28)24-17-22(10-9-19(24)3)30(39)36-33(13-14-33)32-35-29(37-38-32)21-7-6-8-23(15-21)41-5/h6-12,15-17H,1,13-14H2,2-5H3,(H,34,40)(H,36,39)(H,35,37,38). The second-order valence-corrected chi connectivity index (χ2v) is 10.7. The fourth-order valence-electron chi connectivity index (χ4n) is 5.19. The van der Waals surface area contributed by atoms with Gasteiger partial charge in [0.2, 0.25) is 0 Å². The van der Waals surface area contributed by atoms with Gasteiger partial charge in [0.1, 0.15) is 17.1 Å². The fraction of sp³-hybridized carbons (Fsp3) is 0.212. The van der Waals surface area contributed by atoms with Gasteiger partial charge in [-0.2, -0.15) is 5.10 Å². The average molecular weight is 562 g/mol. The summed E-state index contributed by atoms with van der Waals surface area (Å²) >= 11 is 0. The van der Waals surface area contributed by atoms with Crippen LogP contribution in [-0.4, -0.2) is 41.2 Å². The summed E-state index contributed by atoms with van der Waals surface area (Å²) in [4.78, 5) is 31.0. The van der Waals surface area contributed by atoms with Crippen molar-refractivity contribution < 1.29 is 18.7 Å². The van der Waals surface area contributed by atoms with Crippen LogP contribution in [0.3, 0.4) is 0 Å². The summed E-state index contributed by atoms with van der Waals surface area (Å²) in [7, 11) is 3.20. The van der Waals surface area contributed by atoms with Crippen molar-refractivity contribution in [1.82, 2.24) is 25.8 Å². The highest BCUT2D eigenvalue weighted by molar-refractivity contribution is 6.10. The minimum atomic E-state index is -0.594. The number of rotatable bonds is 8. The van der Waals surface area contributed by atoms with Crippen molar-refractivity contribution in [1.29, 1.82) is 0 Å². The van der Waals surface area contributed by atoms with Crippen molar-refractivity contribution in [2.45, 2.75) is 32.2 Å². The number of carbonyl (C=O) groups excluding carboxylic acids is 2. The minimum Gasteiger partial charge on any atom is -0.497 e. The predicted molar refractivity (Wildman–Crippen MR) is 161 cm³/mol. The Balaban J connectivity index is 1.29. The third-order valence-electron chi connectivity index (χ3n) is 7.71. The molecule has 9 heteroatoms. The first-order valence-electron chi connectivity index (χ1n) is 13.7. The molecule has 1 saturated carbocycles. The molecule has 1 aliphatic carbocycles. The lowest BCUT2D eigenvalue weighted by Gasteiger charge is -2.16. The molecule has 1 fully saturated rings. The molecule has 0 saturated heterocycles. The van der Waals surface area contributed by atoms with Crippen LogP contribution in [0.5, 0.6) is 5.75 Å². The van der Waals surface area contributed by atoms with E-state index in [2.05, 4.69) is 27.4 Å². The molecule has 42 heavy (non-hydrogen) atoms. The van der Waals surface area contributed by atoms with Crippen LogP contribution in [0.4, 0.5) is 0 Å². The molecule has 6 rings (SSSR count). The van der Waals surface area contributed by atoms with Gasteiger partial charge in [0.15, 0.2) is 11.6 Å². The summed E-state index contributed by atoms with van der Waals surface area (Å²) in [6, 6.07) is 18.9. The highest BCUT2D eigenvalue weighted by atomic mass is 16.5. The van der Waals surface area contributed by atoms with Crippen molar-refractivity contribution in [3.8, 4) is 28.3 Å². The molecule has 0 unspecified atom stereocenters. The van der Waals surface area contributed by atoms with Gasteiger partial charge in [-0.15, -0.1) is 0 Å². The average Bonchev–Trinajstić information content (AvgIpc) is 3.42. The quantitative estimate of drug-likeness (QED) is 0.213. The highest BCUT2D eigenvalue weighted by Gasteiger charge is 2.49. The van der Waals surface area contributed by atoms with Crippen LogP contribution in [0.2, 0.25) is 0 Å². The van der Waals surface area contributed by atoms with Crippen LogP contribution in [0, 0.1) is 6.92 Å². The molecular weight excluding hydrogens is 530 g/mol. The van der Waals surface area contributed by atoms with Crippen LogP contribution in [0.15, 0.2) is 71.7 Å². The molecule has 0 spiro atoms. The van der Waals surface area contributed by atoms with E-state index in [1.165, 1.54) is 0 Å². The maximum absolute atomic E-state index is 13.5. The van der Waals surface area contributed by atoms with Crippen LogP contribution in [-0.2, 0) is 5.54 Å². The summed E-state index contributed by atoms with van der Waals surface area (Å²) < 4.78 is 11.3. The van der Waals surface area contributed by atoms with Crippen molar-refractivity contribution >= 4 is 28.4 Å². The Morgan fingerprint density at radius 2 is 1.86 bits per heavy atom. The number of methoxy groups -OCH3 is 1. The van der Waals surface area contributed by atoms with E-state index in [1.807, 2.05) is 74.5 Å². The number of amides is 2. The molecule has 2 amide bonds. The Morgan fingerprint density at radius 1 is 1.05 bits per heavy atom. The van der Waals surface area contributed by atoms with Gasteiger partial charge in [-0.25, -0.2) is 4.98 Å². The van der Waals surface area contributed by atoms with Crippen molar-refractivity contribution in [3.05, 3.63) is 95.5 Å². The number of ether oxygens (including phenoxy) is 1. The molecule has 9 nitrogen and oxygen atoms in total. The topological polar surface area (TPSA) is 122 Å². The van der Waals surface area contributed by atoms with E-state index in [9.17, 15) is 9.59 Å². The number of carbonyl (C=O) groups is 2. The van der Waals surface area contributed by atoms with Crippen molar-refractivity contribution in [3.63, 3.8) is 0 Å². The normalized spacial score (nSPS) is 13.5. The summed E-state index contributed by atoms with van der Waals surface area (Å²) in [5.74, 6) is 1.90. The van der Waals surface area contributed by atoms with Gasteiger partial charge >= 0.3 is 0 Å². The van der Waals surface area contributed by atoms with E-state index in [0.29, 0.717) is 45.1 Å². The van der Waals surface area contributed by atoms with Gasteiger partial charge in [-0.1, -0.05) is 30.8 Å². The number of hydrogen-bond donors (Lipinski definition) is 3. The largest absolute Gasteiger partial charge is 0.497 e. The first kappa shape index (κ1) is 27.0. The minimum absolute atomic E-state index is 0.201. The number of allylic oxidation sites excluding steroid dienone is 1. The number of benzene rings is 3. The number of aromatic amines is 1. The molecule has 212 valence electrons. The van der Waals surface area contributed by atoms with Crippen molar-refractivity contribution in [2.24, 2.45) is 0 Å². The van der Waals surface area contributed by atoms with E-state index in [-0.39, 0.29) is 11.8 Å². The molecule has 0 radical (unpaired) electrons. The first-order valence-corrected chi connectivity index (χ1v) is 13.7. The number of hydrogen-bond acceptors (Lipinski definition) is 6. The SMILES string of the molecule is C=C(C)c1oc2ccc(-c3cc(C(=O)NC4(c5nc(-c6cccc(OC)c6)n[nH]5)CC4)ccc3C)cc2c1C(=O)NC. The lowest BCUT2D eigenvalue weighted by Crippen LogP contribution is -2.35. The number of fused-ring (bicyclic) bond motifs is 1. The van der Waals surface area contributed by atoms with Crippen LogP contribution in [0.25, 0.3) is 39.1 Å². The third kappa shape index (κ3) is 4.72. The Morgan fingerprint density at radius 3 is 2.57 bits per heavy atom. The second-order valence-electron chi connectivity index (χ2n) is 10.7. The molecule has 0 aliphatic heterocycles.